The summed E-state index contributed by atoms with van der Waals surface area (Å²) < 4.78 is 18.8. The summed E-state index contributed by atoms with van der Waals surface area (Å²) in [7, 11) is -7.18. The Labute approximate surface area is 74.2 Å². The maximum absolute atomic E-state index is 10.0. The number of guanidine groups is 1. The van der Waals surface area contributed by atoms with Crippen molar-refractivity contribution >= 4 is 21.8 Å². The van der Waals surface area contributed by atoms with Crippen LogP contribution in [-0.2, 0) is 9.13 Å². The lowest BCUT2D eigenvalue weighted by atomic mass is 11.0. The fraction of sp³-hybridized carbons (Fsp3) is 0.500. The highest BCUT2D eigenvalue weighted by Crippen LogP contribution is 2.31. The number of rotatable bonds is 2. The van der Waals surface area contributed by atoms with Gasteiger partial charge in [-0.2, -0.15) is 0 Å². The van der Waals surface area contributed by atoms with E-state index in [1.54, 1.807) is 0 Å². The molecule has 0 aromatic carbocycles. The molecule has 11 heteroatoms. The largest absolute Gasteiger partial charge is 0.370 e. The maximum Gasteiger partial charge on any atom is 0.344 e. The van der Waals surface area contributed by atoms with E-state index in [9.17, 15) is 4.57 Å². The Bertz CT molecular complexity index is 220. The average Bonchev–Trinajstić information content (AvgIpc) is 1.80. The van der Waals surface area contributed by atoms with Crippen LogP contribution in [0, 0.1) is 5.41 Å². The molecule has 0 aliphatic rings. The molecule has 0 saturated carbocycles. The molecule has 0 saturated heterocycles. The second-order valence-corrected chi connectivity index (χ2v) is 3.91. The molecule has 0 unspecified atom stereocenters. The van der Waals surface area contributed by atoms with Crippen LogP contribution < -0.4 is 11.1 Å². The van der Waals surface area contributed by atoms with Gasteiger partial charge in [-0.25, -0.2) is 0 Å². The molecule has 0 radical (unpaired) electrons. The van der Waals surface area contributed by atoms with Gasteiger partial charge in [0.25, 0.3) is 0 Å². The Hall–Kier alpha value is -0.430. The van der Waals surface area contributed by atoms with Crippen molar-refractivity contribution in [2.75, 3.05) is 6.29 Å². The van der Waals surface area contributed by atoms with Crippen molar-refractivity contribution in [1.29, 1.82) is 5.41 Å². The van der Waals surface area contributed by atoms with Crippen molar-refractivity contribution in [2.45, 2.75) is 0 Å². The summed E-state index contributed by atoms with van der Waals surface area (Å²) in [6, 6.07) is 0. The lowest BCUT2D eigenvalue weighted by Gasteiger charge is -2.03. The third-order valence-electron chi connectivity index (χ3n) is 0.475. The highest BCUT2D eigenvalue weighted by atomic mass is 31.2. The number of hydrogen-bond acceptors (Lipinski definition) is 3. The summed E-state index contributed by atoms with van der Waals surface area (Å²) in [5.41, 5.74) is 4.73. The van der Waals surface area contributed by atoms with Crippen molar-refractivity contribution in [3.05, 3.63) is 0 Å². The molecule has 0 spiro atoms. The molecule has 0 fully saturated rings. The van der Waals surface area contributed by atoms with Crippen LogP contribution in [0.5, 0.6) is 0 Å². The molecule has 0 aromatic rings. The quantitative estimate of drug-likeness (QED) is 0.162. The summed E-state index contributed by atoms with van der Waals surface area (Å²) in [6.45, 7) is 0. The standard InChI is InChI=1S/C2H8N3O3P.H3O3P/c3-2(4)5-1-9(6,7)8;1-4(2)3/h1H2,(H4,3,4,5)(H2,6,7,8);4H,(H2,1,2,3). The molecule has 13 heavy (non-hydrogen) atoms. The minimum atomic E-state index is -4.05. The van der Waals surface area contributed by atoms with E-state index in [0.717, 1.165) is 0 Å². The molecular formula is C2H11N3O6P2. The number of nitrogens with one attached hydrogen (secondary N) is 2. The smallest absolute Gasteiger partial charge is 0.344 e. The second kappa shape index (κ2) is 7.02. The molecule has 9 nitrogen and oxygen atoms in total. The zero-order valence-electron chi connectivity index (χ0n) is 6.34. The van der Waals surface area contributed by atoms with E-state index in [1.165, 1.54) is 0 Å². The molecule has 0 amide bonds. The number of nitrogens with two attached hydrogens (primary N) is 1. The van der Waals surface area contributed by atoms with E-state index in [-0.39, 0.29) is 0 Å². The van der Waals surface area contributed by atoms with Gasteiger partial charge in [0.05, 0.1) is 0 Å². The van der Waals surface area contributed by atoms with Crippen LogP contribution in [0.3, 0.4) is 0 Å². The van der Waals surface area contributed by atoms with Crippen molar-refractivity contribution < 1.29 is 28.7 Å². The summed E-state index contributed by atoms with van der Waals surface area (Å²) >= 11 is 0. The van der Waals surface area contributed by atoms with Crippen LogP contribution in [0.4, 0.5) is 0 Å². The molecule has 0 aliphatic heterocycles. The van der Waals surface area contributed by atoms with Gasteiger partial charge in [-0.1, -0.05) is 0 Å². The van der Waals surface area contributed by atoms with E-state index >= 15 is 0 Å². The summed E-state index contributed by atoms with van der Waals surface area (Å²) in [4.78, 5) is 30.6. The lowest BCUT2D eigenvalue weighted by Crippen LogP contribution is -2.30. The first kappa shape index (κ1) is 15.1. The molecule has 0 aromatic heterocycles. The third-order valence-corrected chi connectivity index (χ3v) is 1.05. The maximum atomic E-state index is 10.0. The molecule has 0 aliphatic carbocycles. The van der Waals surface area contributed by atoms with Crippen LogP contribution in [0.1, 0.15) is 0 Å². The van der Waals surface area contributed by atoms with Crippen molar-refractivity contribution in [1.82, 2.24) is 5.32 Å². The van der Waals surface area contributed by atoms with Gasteiger partial charge in [-0.3, -0.25) is 14.5 Å². The highest BCUT2D eigenvalue weighted by Gasteiger charge is 2.11. The predicted octanol–water partition coefficient (Wildman–Crippen LogP) is -2.03. The lowest BCUT2D eigenvalue weighted by molar-refractivity contribution is 0.371. The molecule has 0 bridgehead atoms. The first-order chi connectivity index (χ1) is 5.65. The Morgan fingerprint density at radius 3 is 1.92 bits per heavy atom. The topological polar surface area (TPSA) is 177 Å². The van der Waals surface area contributed by atoms with E-state index < -0.39 is 28.1 Å². The molecular weight excluding hydrogens is 224 g/mol. The van der Waals surface area contributed by atoms with Gasteiger partial charge in [0.1, 0.15) is 6.29 Å². The van der Waals surface area contributed by atoms with Crippen LogP contribution >= 0.6 is 15.9 Å². The second-order valence-electron chi connectivity index (χ2n) is 1.70. The van der Waals surface area contributed by atoms with E-state index in [4.69, 9.17) is 35.3 Å². The molecule has 0 rings (SSSR count). The highest BCUT2D eigenvalue weighted by molar-refractivity contribution is 7.51. The number of hydrogen-bond donors (Lipinski definition) is 7. The fourth-order valence-corrected chi connectivity index (χ4v) is 0.564. The first-order valence-corrected chi connectivity index (χ1v) is 5.79. The molecule has 80 valence electrons. The van der Waals surface area contributed by atoms with Gasteiger partial charge in [-0.05, 0) is 0 Å². The summed E-state index contributed by atoms with van der Waals surface area (Å²) in [5.74, 6) is -0.446. The summed E-state index contributed by atoms with van der Waals surface area (Å²) in [5, 5.41) is 8.48. The van der Waals surface area contributed by atoms with Crippen LogP contribution in [0.2, 0.25) is 0 Å². The Morgan fingerprint density at radius 2 is 1.85 bits per heavy atom. The van der Waals surface area contributed by atoms with Crippen LogP contribution in [-0.4, -0.2) is 31.8 Å². The molecule has 8 N–H and O–H groups in total. The van der Waals surface area contributed by atoms with Gasteiger partial charge in [0, 0.05) is 0 Å². The first-order valence-electron chi connectivity index (χ1n) is 2.69. The van der Waals surface area contributed by atoms with Crippen molar-refractivity contribution in [3.63, 3.8) is 0 Å². The van der Waals surface area contributed by atoms with Gasteiger partial charge >= 0.3 is 15.9 Å². The van der Waals surface area contributed by atoms with Gasteiger partial charge in [-0.15, -0.1) is 0 Å². The van der Waals surface area contributed by atoms with Gasteiger partial charge in [0.2, 0.25) is 0 Å². The van der Waals surface area contributed by atoms with Gasteiger partial charge < -0.3 is 30.6 Å². The Morgan fingerprint density at radius 1 is 1.54 bits per heavy atom. The minimum Gasteiger partial charge on any atom is -0.370 e. The molecule has 0 atom stereocenters. The van der Waals surface area contributed by atoms with Crippen molar-refractivity contribution in [2.24, 2.45) is 5.73 Å². The average molecular weight is 235 g/mol. The van der Waals surface area contributed by atoms with E-state index in [0.29, 0.717) is 0 Å². The zero-order chi connectivity index (χ0) is 11.1. The Kier molecular flexibility index (Phi) is 8.13. The fourth-order valence-electron chi connectivity index (χ4n) is 0.188. The van der Waals surface area contributed by atoms with Gasteiger partial charge in [0.15, 0.2) is 5.96 Å². The van der Waals surface area contributed by atoms with Crippen molar-refractivity contribution in [3.8, 4) is 0 Å². The van der Waals surface area contributed by atoms with Crippen LogP contribution in [0.25, 0.3) is 0 Å². The molecule has 0 heterocycles. The van der Waals surface area contributed by atoms with E-state index in [2.05, 4.69) is 0 Å². The minimum absolute atomic E-state index is 0.446. The SMILES string of the molecule is N=C(N)NCP(=O)(O)O.O=[PH](O)O. The third kappa shape index (κ3) is 34.2. The Balaban J connectivity index is 0. The monoisotopic (exact) mass is 235 g/mol. The summed E-state index contributed by atoms with van der Waals surface area (Å²) in [6.07, 6.45) is -0.581. The van der Waals surface area contributed by atoms with Crippen LogP contribution in [0.15, 0.2) is 0 Å². The van der Waals surface area contributed by atoms with E-state index in [1.807, 2.05) is 5.32 Å². The zero-order valence-corrected chi connectivity index (χ0v) is 8.23. The normalized spacial score (nSPS) is 10.2. The predicted molar refractivity (Wildman–Crippen MR) is 45.4 cm³/mol.